The molecule has 2 nitrogen and oxygen atoms in total. The molecule has 0 unspecified atom stereocenters. The second kappa shape index (κ2) is 9.87. The molecule has 0 aliphatic rings. The van der Waals surface area contributed by atoms with Crippen LogP contribution in [-0.4, -0.2) is 13.2 Å². The van der Waals surface area contributed by atoms with Gasteiger partial charge in [-0.25, -0.2) is 0 Å². The molecule has 0 heterocycles. The number of unbranched alkanes of at least 4 members (excludes halogenated alkanes) is 4. The van der Waals surface area contributed by atoms with Crippen LogP contribution in [0.3, 0.4) is 0 Å². The van der Waals surface area contributed by atoms with Crippen molar-refractivity contribution in [2.24, 2.45) is 0 Å². The lowest BCUT2D eigenvalue weighted by atomic mass is 10.1. The van der Waals surface area contributed by atoms with Crippen molar-refractivity contribution in [2.75, 3.05) is 13.2 Å². The lowest BCUT2D eigenvalue weighted by Crippen LogP contribution is -1.98. The topological polar surface area (TPSA) is 18.5 Å². The molecule has 0 spiro atoms. The Labute approximate surface area is 127 Å². The van der Waals surface area contributed by atoms with Gasteiger partial charge >= 0.3 is 0 Å². The highest BCUT2D eigenvalue weighted by Gasteiger charge is 1.95. The average molecular weight is 284 g/mol. The summed E-state index contributed by atoms with van der Waals surface area (Å²) in [6.45, 7) is 1.62. The summed E-state index contributed by atoms with van der Waals surface area (Å²) >= 11 is 0. The van der Waals surface area contributed by atoms with E-state index in [0.717, 1.165) is 37.6 Å². The first-order valence-electron chi connectivity index (χ1n) is 7.81. The molecule has 0 aliphatic heterocycles. The van der Waals surface area contributed by atoms with Crippen molar-refractivity contribution in [3.8, 4) is 11.5 Å². The number of benzene rings is 2. The third-order valence-electron chi connectivity index (χ3n) is 3.31. The van der Waals surface area contributed by atoms with E-state index in [1.807, 2.05) is 60.7 Å². The van der Waals surface area contributed by atoms with Gasteiger partial charge in [-0.05, 0) is 37.1 Å². The van der Waals surface area contributed by atoms with Gasteiger partial charge in [-0.3, -0.25) is 0 Å². The Morgan fingerprint density at radius 2 is 0.857 bits per heavy atom. The summed E-state index contributed by atoms with van der Waals surface area (Å²) in [7, 11) is 0. The average Bonchev–Trinajstić information content (AvgIpc) is 2.55. The number of hydrogen-bond acceptors (Lipinski definition) is 2. The predicted molar refractivity (Wildman–Crippen MR) is 87.0 cm³/mol. The summed E-state index contributed by atoms with van der Waals surface area (Å²) in [6.07, 6.45) is 5.93. The number of ether oxygens (including phenoxy) is 2. The van der Waals surface area contributed by atoms with Gasteiger partial charge in [-0.15, -0.1) is 0 Å². The van der Waals surface area contributed by atoms with Crippen molar-refractivity contribution in [2.45, 2.75) is 32.1 Å². The van der Waals surface area contributed by atoms with E-state index >= 15 is 0 Å². The van der Waals surface area contributed by atoms with Crippen LogP contribution in [-0.2, 0) is 0 Å². The largest absolute Gasteiger partial charge is 0.494 e. The van der Waals surface area contributed by atoms with Gasteiger partial charge in [0.25, 0.3) is 0 Å². The first-order chi connectivity index (χ1) is 10.4. The normalized spacial score (nSPS) is 10.3. The van der Waals surface area contributed by atoms with Gasteiger partial charge in [0, 0.05) is 0 Å². The van der Waals surface area contributed by atoms with Gasteiger partial charge in [0.15, 0.2) is 0 Å². The van der Waals surface area contributed by atoms with E-state index in [4.69, 9.17) is 9.47 Å². The third kappa shape index (κ3) is 6.84. The van der Waals surface area contributed by atoms with Crippen molar-refractivity contribution in [3.05, 3.63) is 60.7 Å². The molecule has 0 aliphatic carbocycles. The highest BCUT2D eigenvalue weighted by Crippen LogP contribution is 2.11. The molecule has 0 aromatic heterocycles. The van der Waals surface area contributed by atoms with Crippen LogP contribution in [0.15, 0.2) is 60.7 Å². The molecule has 0 saturated carbocycles. The Bertz CT molecular complexity index is 422. The first-order valence-corrected chi connectivity index (χ1v) is 7.81. The maximum Gasteiger partial charge on any atom is 0.119 e. The van der Waals surface area contributed by atoms with E-state index in [-0.39, 0.29) is 0 Å². The molecule has 112 valence electrons. The first kappa shape index (κ1) is 15.4. The molecule has 2 aromatic carbocycles. The van der Waals surface area contributed by atoms with Gasteiger partial charge < -0.3 is 9.47 Å². The highest BCUT2D eigenvalue weighted by atomic mass is 16.5. The highest BCUT2D eigenvalue weighted by molar-refractivity contribution is 5.21. The Morgan fingerprint density at radius 1 is 0.476 bits per heavy atom. The summed E-state index contributed by atoms with van der Waals surface area (Å²) in [5, 5.41) is 0. The molecule has 0 atom stereocenters. The number of rotatable bonds is 10. The van der Waals surface area contributed by atoms with Gasteiger partial charge in [0.05, 0.1) is 13.2 Å². The summed E-state index contributed by atoms with van der Waals surface area (Å²) in [4.78, 5) is 0. The van der Waals surface area contributed by atoms with E-state index in [1.165, 1.54) is 19.3 Å². The molecule has 0 radical (unpaired) electrons. The standard InChI is InChI=1S/C19H24O2/c1(2-10-16-20-18-12-6-4-7-13-18)3-11-17-21-19-14-8-5-9-15-19/h4-9,12-15H,1-3,10-11,16-17H2. The maximum atomic E-state index is 5.67. The summed E-state index contributed by atoms with van der Waals surface area (Å²) in [5.74, 6) is 1.93. The van der Waals surface area contributed by atoms with E-state index in [9.17, 15) is 0 Å². The van der Waals surface area contributed by atoms with Crippen LogP contribution >= 0.6 is 0 Å². The second-order valence-corrected chi connectivity index (χ2v) is 5.09. The Hall–Kier alpha value is -1.96. The Morgan fingerprint density at radius 3 is 1.29 bits per heavy atom. The molecule has 0 N–H and O–H groups in total. The second-order valence-electron chi connectivity index (χ2n) is 5.09. The summed E-state index contributed by atoms with van der Waals surface area (Å²) in [5.41, 5.74) is 0. The van der Waals surface area contributed by atoms with Crippen LogP contribution in [0.1, 0.15) is 32.1 Å². The van der Waals surface area contributed by atoms with Crippen LogP contribution in [0, 0.1) is 0 Å². The van der Waals surface area contributed by atoms with E-state index in [1.54, 1.807) is 0 Å². The predicted octanol–water partition coefficient (Wildman–Crippen LogP) is 5.09. The molecular weight excluding hydrogens is 260 g/mol. The molecule has 0 fully saturated rings. The van der Waals surface area contributed by atoms with Crippen LogP contribution in [0.4, 0.5) is 0 Å². The summed E-state index contributed by atoms with van der Waals surface area (Å²) in [6, 6.07) is 20.0. The molecule has 21 heavy (non-hydrogen) atoms. The molecule has 2 heteroatoms. The number of para-hydroxylation sites is 2. The van der Waals surface area contributed by atoms with Crippen LogP contribution < -0.4 is 9.47 Å². The fourth-order valence-corrected chi connectivity index (χ4v) is 2.15. The lowest BCUT2D eigenvalue weighted by molar-refractivity contribution is 0.293. The molecular formula is C19H24O2. The maximum absolute atomic E-state index is 5.67. The third-order valence-corrected chi connectivity index (χ3v) is 3.31. The van der Waals surface area contributed by atoms with Crippen LogP contribution in [0.2, 0.25) is 0 Å². The minimum Gasteiger partial charge on any atom is -0.494 e. The SMILES string of the molecule is c1ccc(OCCCCCCCOc2ccccc2)cc1. The van der Waals surface area contributed by atoms with Crippen molar-refractivity contribution in [1.82, 2.24) is 0 Å². The zero-order valence-electron chi connectivity index (χ0n) is 12.5. The van der Waals surface area contributed by atoms with Gasteiger partial charge in [-0.2, -0.15) is 0 Å². The monoisotopic (exact) mass is 284 g/mol. The van der Waals surface area contributed by atoms with Crippen LogP contribution in [0.5, 0.6) is 11.5 Å². The van der Waals surface area contributed by atoms with Gasteiger partial charge in [-0.1, -0.05) is 55.7 Å². The van der Waals surface area contributed by atoms with E-state index in [2.05, 4.69) is 0 Å². The molecule has 2 rings (SSSR count). The molecule has 0 saturated heterocycles. The Balaban J connectivity index is 1.40. The summed E-state index contributed by atoms with van der Waals surface area (Å²) < 4.78 is 11.3. The zero-order valence-corrected chi connectivity index (χ0v) is 12.5. The van der Waals surface area contributed by atoms with Gasteiger partial charge in [0.2, 0.25) is 0 Å². The lowest BCUT2D eigenvalue weighted by Gasteiger charge is -2.07. The van der Waals surface area contributed by atoms with E-state index < -0.39 is 0 Å². The van der Waals surface area contributed by atoms with Crippen molar-refractivity contribution >= 4 is 0 Å². The van der Waals surface area contributed by atoms with Crippen molar-refractivity contribution in [3.63, 3.8) is 0 Å². The fraction of sp³-hybridized carbons (Fsp3) is 0.368. The zero-order chi connectivity index (χ0) is 14.6. The molecule has 0 amide bonds. The van der Waals surface area contributed by atoms with Gasteiger partial charge in [0.1, 0.15) is 11.5 Å². The van der Waals surface area contributed by atoms with Crippen molar-refractivity contribution in [1.29, 1.82) is 0 Å². The smallest absolute Gasteiger partial charge is 0.119 e. The number of hydrogen-bond donors (Lipinski definition) is 0. The molecule has 0 bridgehead atoms. The van der Waals surface area contributed by atoms with Crippen molar-refractivity contribution < 1.29 is 9.47 Å². The van der Waals surface area contributed by atoms with Crippen LogP contribution in [0.25, 0.3) is 0 Å². The minimum atomic E-state index is 0.810. The Kier molecular flexibility index (Phi) is 7.25. The molecule has 2 aromatic rings. The fourth-order valence-electron chi connectivity index (χ4n) is 2.15. The van der Waals surface area contributed by atoms with E-state index in [0.29, 0.717) is 0 Å². The minimum absolute atomic E-state index is 0.810. The quantitative estimate of drug-likeness (QED) is 0.565.